The molecule has 0 nitrogen and oxygen atoms in total. The molecule has 2 heteroatoms. The predicted molar refractivity (Wildman–Crippen MR) is 140 cm³/mol. The summed E-state index contributed by atoms with van der Waals surface area (Å²) < 4.78 is 0. The number of rotatable bonds is 5. The van der Waals surface area contributed by atoms with Gasteiger partial charge in [-0.15, -0.1) is 0 Å². The molecular formula is C28H36P2. The summed E-state index contributed by atoms with van der Waals surface area (Å²) in [5, 5.41) is 4.95. The van der Waals surface area contributed by atoms with Gasteiger partial charge in [-0.2, -0.15) is 0 Å². The van der Waals surface area contributed by atoms with Crippen molar-refractivity contribution in [2.75, 3.05) is 0 Å². The maximum Gasteiger partial charge on any atom is 0.00294 e. The fourth-order valence-electron chi connectivity index (χ4n) is 4.93. The van der Waals surface area contributed by atoms with Crippen molar-refractivity contribution in [2.45, 2.75) is 64.4 Å². The maximum atomic E-state index is 2.48. The fourth-order valence-corrected chi connectivity index (χ4v) is 12.4. The first-order valence-electron chi connectivity index (χ1n) is 10.9. The normalized spacial score (nSPS) is 13.6. The first-order valence-corrected chi connectivity index (χ1v) is 13.6. The number of benzene rings is 3. The molecule has 0 spiro atoms. The Bertz CT molecular complexity index is 880. The molecule has 3 aromatic rings. The Balaban J connectivity index is 2.19. The Morgan fingerprint density at radius 1 is 0.567 bits per heavy atom. The molecule has 0 radical (unpaired) electrons. The van der Waals surface area contributed by atoms with E-state index in [1.54, 1.807) is 0 Å². The molecule has 0 amide bonds. The highest BCUT2D eigenvalue weighted by molar-refractivity contribution is 7.80. The lowest BCUT2D eigenvalue weighted by atomic mass is 10.1. The minimum atomic E-state index is -0.585. The van der Waals surface area contributed by atoms with Crippen LogP contribution in [0, 0.1) is 0 Å². The monoisotopic (exact) mass is 434 g/mol. The van der Waals surface area contributed by atoms with Gasteiger partial charge in [0.05, 0.1) is 0 Å². The second-order valence-electron chi connectivity index (χ2n) is 9.95. The topological polar surface area (TPSA) is 0 Å². The Morgan fingerprint density at radius 3 is 1.40 bits per heavy atom. The smallest absolute Gasteiger partial charge is 0.00294 e. The van der Waals surface area contributed by atoms with Crippen LogP contribution in [0.2, 0.25) is 0 Å². The third-order valence-corrected chi connectivity index (χ3v) is 12.0. The van der Waals surface area contributed by atoms with E-state index in [0.29, 0.717) is 16.0 Å². The summed E-state index contributed by atoms with van der Waals surface area (Å²) in [7, 11) is -0.834. The quantitative estimate of drug-likeness (QED) is 0.363. The summed E-state index contributed by atoms with van der Waals surface area (Å²) in [5.74, 6) is 0. The van der Waals surface area contributed by atoms with E-state index in [2.05, 4.69) is 133 Å². The average molecular weight is 435 g/mol. The van der Waals surface area contributed by atoms with E-state index in [1.165, 1.54) is 21.5 Å². The van der Waals surface area contributed by atoms with E-state index in [1.807, 2.05) is 0 Å². The molecule has 158 valence electrons. The van der Waals surface area contributed by atoms with Gasteiger partial charge in [0.15, 0.2) is 0 Å². The molecule has 30 heavy (non-hydrogen) atoms. The van der Waals surface area contributed by atoms with Crippen LogP contribution < -0.4 is 15.9 Å². The van der Waals surface area contributed by atoms with Crippen molar-refractivity contribution in [3.05, 3.63) is 90.5 Å². The summed E-state index contributed by atoms with van der Waals surface area (Å²) in [4.78, 5) is 0. The van der Waals surface area contributed by atoms with E-state index < -0.39 is 7.92 Å². The van der Waals surface area contributed by atoms with Gasteiger partial charge >= 0.3 is 0 Å². The van der Waals surface area contributed by atoms with Gasteiger partial charge in [-0.25, -0.2) is 0 Å². The Morgan fingerprint density at radius 2 is 0.967 bits per heavy atom. The molecule has 1 atom stereocenters. The molecule has 0 aliphatic heterocycles. The summed E-state index contributed by atoms with van der Waals surface area (Å²) in [6.45, 7) is 17.1. The van der Waals surface area contributed by atoms with Crippen LogP contribution in [0.3, 0.4) is 0 Å². The second kappa shape index (κ2) is 9.34. The third-order valence-electron chi connectivity index (χ3n) is 5.49. The molecule has 0 bridgehead atoms. The standard InChI is InChI=1S/C28H36P2/c1-22(30(27(2,3)4)28(5,6)7)25-20-14-15-21-26(25)29(23-16-10-8-11-17-23)24-18-12-9-13-19-24/h8-22H,1-7H3/t22-/m1/s1. The highest BCUT2D eigenvalue weighted by Crippen LogP contribution is 2.68. The predicted octanol–water partition coefficient (Wildman–Crippen LogP) is 7.58. The van der Waals surface area contributed by atoms with Crippen LogP contribution in [0.15, 0.2) is 84.9 Å². The molecule has 0 heterocycles. The van der Waals surface area contributed by atoms with E-state index >= 15 is 0 Å². The lowest BCUT2D eigenvalue weighted by molar-refractivity contribution is 0.690. The summed E-state index contributed by atoms with van der Waals surface area (Å²) in [6.07, 6.45) is 0. The first-order chi connectivity index (χ1) is 14.1. The Labute approximate surface area is 186 Å². The lowest BCUT2D eigenvalue weighted by Gasteiger charge is -2.46. The molecule has 0 saturated heterocycles. The van der Waals surface area contributed by atoms with E-state index in [4.69, 9.17) is 0 Å². The van der Waals surface area contributed by atoms with Crippen molar-refractivity contribution < 1.29 is 0 Å². The van der Waals surface area contributed by atoms with Crippen molar-refractivity contribution in [1.29, 1.82) is 0 Å². The highest BCUT2D eigenvalue weighted by atomic mass is 31.1. The van der Waals surface area contributed by atoms with Crippen LogP contribution in [0.25, 0.3) is 0 Å². The van der Waals surface area contributed by atoms with Gasteiger partial charge < -0.3 is 0 Å². The molecule has 0 aliphatic rings. The molecular weight excluding hydrogens is 398 g/mol. The van der Waals surface area contributed by atoms with Gasteiger partial charge in [0.25, 0.3) is 0 Å². The van der Waals surface area contributed by atoms with Crippen molar-refractivity contribution >= 4 is 31.8 Å². The molecule has 0 unspecified atom stereocenters. The van der Waals surface area contributed by atoms with Crippen LogP contribution in [0.1, 0.15) is 59.7 Å². The van der Waals surface area contributed by atoms with Gasteiger partial charge in [-0.05, 0) is 39.7 Å². The van der Waals surface area contributed by atoms with Crippen molar-refractivity contribution in [1.82, 2.24) is 0 Å². The number of hydrogen-bond acceptors (Lipinski definition) is 0. The summed E-state index contributed by atoms with van der Waals surface area (Å²) in [6, 6.07) is 31.4. The molecule has 0 aromatic heterocycles. The molecule has 3 rings (SSSR count). The molecule has 0 N–H and O–H groups in total. The van der Waals surface area contributed by atoms with Crippen LogP contribution in [-0.2, 0) is 0 Å². The van der Waals surface area contributed by atoms with Crippen LogP contribution >= 0.6 is 15.8 Å². The molecule has 0 aliphatic carbocycles. The van der Waals surface area contributed by atoms with E-state index in [9.17, 15) is 0 Å². The minimum absolute atomic E-state index is 0.249. The van der Waals surface area contributed by atoms with Crippen LogP contribution in [0.4, 0.5) is 0 Å². The third kappa shape index (κ3) is 5.22. The average Bonchev–Trinajstić information content (AvgIpc) is 2.68. The van der Waals surface area contributed by atoms with E-state index in [-0.39, 0.29) is 7.92 Å². The fraction of sp³-hybridized carbons (Fsp3) is 0.357. The van der Waals surface area contributed by atoms with Crippen molar-refractivity contribution in [3.8, 4) is 0 Å². The van der Waals surface area contributed by atoms with Gasteiger partial charge in [0.2, 0.25) is 0 Å². The zero-order valence-electron chi connectivity index (χ0n) is 19.6. The van der Waals surface area contributed by atoms with Crippen LogP contribution in [-0.4, -0.2) is 10.3 Å². The zero-order valence-corrected chi connectivity index (χ0v) is 21.3. The molecule has 3 aromatic carbocycles. The zero-order chi connectivity index (χ0) is 21.9. The van der Waals surface area contributed by atoms with Crippen LogP contribution in [0.5, 0.6) is 0 Å². The van der Waals surface area contributed by atoms with Gasteiger partial charge in [-0.1, -0.05) is 141 Å². The lowest BCUT2D eigenvalue weighted by Crippen LogP contribution is -2.30. The molecule has 0 saturated carbocycles. The second-order valence-corrected chi connectivity index (χ2v) is 16.3. The summed E-state index contributed by atoms with van der Waals surface area (Å²) >= 11 is 0. The Kier molecular flexibility index (Phi) is 7.22. The highest BCUT2D eigenvalue weighted by Gasteiger charge is 2.39. The minimum Gasteiger partial charge on any atom is -0.0882 e. The van der Waals surface area contributed by atoms with Gasteiger partial charge in [0, 0.05) is 5.66 Å². The first kappa shape index (κ1) is 23.2. The maximum absolute atomic E-state index is 2.48. The largest absolute Gasteiger partial charge is 0.0882 e. The Hall–Kier alpha value is -1.48. The number of hydrogen-bond donors (Lipinski definition) is 0. The SMILES string of the molecule is C[C@H](c1ccccc1P(c1ccccc1)c1ccccc1)P(C(C)(C)C)C(C)(C)C. The summed E-state index contributed by atoms with van der Waals surface area (Å²) in [5.41, 5.74) is 2.07. The molecule has 0 fully saturated rings. The van der Waals surface area contributed by atoms with Gasteiger partial charge in [0.1, 0.15) is 0 Å². The van der Waals surface area contributed by atoms with E-state index in [0.717, 1.165) is 0 Å². The van der Waals surface area contributed by atoms with Gasteiger partial charge in [-0.3, -0.25) is 0 Å². The van der Waals surface area contributed by atoms with Crippen molar-refractivity contribution in [2.24, 2.45) is 0 Å². The van der Waals surface area contributed by atoms with Crippen molar-refractivity contribution in [3.63, 3.8) is 0 Å².